The maximum atomic E-state index is 12.7. The van der Waals surface area contributed by atoms with Crippen molar-refractivity contribution in [3.8, 4) is 0 Å². The van der Waals surface area contributed by atoms with Crippen LogP contribution in [0.2, 0.25) is 0 Å². The number of nitrogens with one attached hydrogen (secondary N) is 1. The van der Waals surface area contributed by atoms with Gasteiger partial charge in [0.15, 0.2) is 0 Å². The Bertz CT molecular complexity index is 338. The lowest BCUT2D eigenvalue weighted by atomic mass is 9.83. The Hall–Kier alpha value is -0.710. The van der Waals surface area contributed by atoms with E-state index in [9.17, 15) is 9.59 Å². The van der Waals surface area contributed by atoms with Crippen LogP contribution in [0.1, 0.15) is 40.5 Å². The molecule has 0 aromatic carbocycles. The summed E-state index contributed by atoms with van der Waals surface area (Å²) < 4.78 is 0. The van der Waals surface area contributed by atoms with E-state index in [2.05, 4.69) is 5.32 Å². The summed E-state index contributed by atoms with van der Waals surface area (Å²) in [5, 5.41) is 2.94. The average molecular weight is 272 g/mol. The molecule has 1 aliphatic heterocycles. The molecular weight excluding hydrogens is 248 g/mol. The van der Waals surface area contributed by atoms with Gasteiger partial charge in [0.1, 0.15) is 11.1 Å². The fourth-order valence-electron chi connectivity index (χ4n) is 2.35. The highest BCUT2D eigenvalue weighted by molar-refractivity contribution is 7.98. The number of hydrogen-bond acceptors (Lipinski definition) is 3. The number of thioether (sulfide) groups is 1. The van der Waals surface area contributed by atoms with Crippen LogP contribution in [0.5, 0.6) is 0 Å². The van der Waals surface area contributed by atoms with Crippen molar-refractivity contribution in [1.82, 2.24) is 10.2 Å². The van der Waals surface area contributed by atoms with Crippen LogP contribution in [0.3, 0.4) is 0 Å². The summed E-state index contributed by atoms with van der Waals surface area (Å²) in [5.41, 5.74) is -1.45. The predicted molar refractivity (Wildman–Crippen MR) is 75.6 cm³/mol. The van der Waals surface area contributed by atoms with Crippen LogP contribution in [-0.4, -0.2) is 46.3 Å². The first kappa shape index (κ1) is 15.3. The van der Waals surface area contributed by atoms with Crippen molar-refractivity contribution in [2.24, 2.45) is 0 Å². The van der Waals surface area contributed by atoms with Gasteiger partial charge < -0.3 is 10.2 Å². The van der Waals surface area contributed by atoms with Crippen molar-refractivity contribution >= 4 is 23.6 Å². The SMILES string of the molecule is CCC1(CC)NC(=O)C(C)(C)N(CCSC)C1=O. The lowest BCUT2D eigenvalue weighted by molar-refractivity contribution is -0.161. The van der Waals surface area contributed by atoms with Gasteiger partial charge in [-0.05, 0) is 32.9 Å². The molecule has 2 amide bonds. The average Bonchev–Trinajstić information content (AvgIpc) is 2.34. The standard InChI is InChI=1S/C13H24N2O2S/c1-6-13(7-2)11(17)15(8-9-18-5)12(3,4)10(16)14-13/h6-9H2,1-5H3,(H,14,16). The van der Waals surface area contributed by atoms with Crippen molar-refractivity contribution in [2.45, 2.75) is 51.6 Å². The molecule has 1 rings (SSSR count). The van der Waals surface area contributed by atoms with Crippen molar-refractivity contribution < 1.29 is 9.59 Å². The molecule has 0 spiro atoms. The molecule has 4 nitrogen and oxygen atoms in total. The molecule has 1 fully saturated rings. The molecule has 0 saturated carbocycles. The van der Waals surface area contributed by atoms with Crippen molar-refractivity contribution in [2.75, 3.05) is 18.6 Å². The quantitative estimate of drug-likeness (QED) is 0.828. The molecule has 0 radical (unpaired) electrons. The third-order valence-corrected chi connectivity index (χ3v) is 4.55. The predicted octanol–water partition coefficient (Wildman–Crippen LogP) is 1.65. The van der Waals surface area contributed by atoms with Gasteiger partial charge in [-0.3, -0.25) is 9.59 Å². The molecule has 18 heavy (non-hydrogen) atoms. The third kappa shape index (κ3) is 2.37. The molecule has 1 aliphatic rings. The van der Waals surface area contributed by atoms with Crippen LogP contribution in [0.25, 0.3) is 0 Å². The van der Waals surface area contributed by atoms with Gasteiger partial charge in [0, 0.05) is 12.3 Å². The molecule has 0 aromatic rings. The number of amides is 2. The molecule has 0 aromatic heterocycles. The lowest BCUT2D eigenvalue weighted by Crippen LogP contribution is -2.74. The minimum Gasteiger partial charge on any atom is -0.340 e. The summed E-state index contributed by atoms with van der Waals surface area (Å²) in [6, 6.07) is 0. The second kappa shape index (κ2) is 5.51. The highest BCUT2D eigenvalue weighted by Gasteiger charge is 2.52. The van der Waals surface area contributed by atoms with Gasteiger partial charge in [0.2, 0.25) is 11.8 Å². The van der Waals surface area contributed by atoms with Gasteiger partial charge in [-0.15, -0.1) is 0 Å². The van der Waals surface area contributed by atoms with Crippen LogP contribution in [0, 0.1) is 0 Å². The van der Waals surface area contributed by atoms with Crippen LogP contribution < -0.4 is 5.32 Å². The Morgan fingerprint density at radius 1 is 1.22 bits per heavy atom. The van der Waals surface area contributed by atoms with E-state index in [1.807, 2.05) is 34.0 Å². The summed E-state index contributed by atoms with van der Waals surface area (Å²) in [6.07, 6.45) is 3.29. The largest absolute Gasteiger partial charge is 0.340 e. The number of carbonyl (C=O) groups is 2. The van der Waals surface area contributed by atoms with E-state index in [0.717, 1.165) is 5.75 Å². The first-order valence-electron chi connectivity index (χ1n) is 6.49. The van der Waals surface area contributed by atoms with Crippen LogP contribution in [0.15, 0.2) is 0 Å². The van der Waals surface area contributed by atoms with Gasteiger partial charge >= 0.3 is 0 Å². The number of piperazine rings is 1. The van der Waals surface area contributed by atoms with E-state index in [0.29, 0.717) is 19.4 Å². The molecule has 104 valence electrons. The smallest absolute Gasteiger partial charge is 0.249 e. The van der Waals surface area contributed by atoms with Gasteiger partial charge in [-0.25, -0.2) is 0 Å². The minimum absolute atomic E-state index is 0.0492. The Labute approximate surface area is 114 Å². The molecular formula is C13H24N2O2S. The van der Waals surface area contributed by atoms with E-state index in [4.69, 9.17) is 0 Å². The third-order valence-electron chi connectivity index (χ3n) is 3.96. The normalized spacial score (nSPS) is 21.9. The summed E-state index contributed by atoms with van der Waals surface area (Å²) in [5.74, 6) is 0.865. The maximum absolute atomic E-state index is 12.7. The Morgan fingerprint density at radius 2 is 1.78 bits per heavy atom. The molecule has 0 unspecified atom stereocenters. The van der Waals surface area contributed by atoms with E-state index in [1.165, 1.54) is 0 Å². The summed E-state index contributed by atoms with van der Waals surface area (Å²) in [7, 11) is 0. The van der Waals surface area contributed by atoms with Crippen molar-refractivity contribution in [1.29, 1.82) is 0 Å². The fraction of sp³-hybridized carbons (Fsp3) is 0.846. The number of hydrogen-bond donors (Lipinski definition) is 1. The van der Waals surface area contributed by atoms with Crippen molar-refractivity contribution in [3.63, 3.8) is 0 Å². The highest BCUT2D eigenvalue weighted by atomic mass is 32.2. The Morgan fingerprint density at radius 3 is 2.22 bits per heavy atom. The van der Waals surface area contributed by atoms with Crippen LogP contribution in [0.4, 0.5) is 0 Å². The number of carbonyl (C=O) groups excluding carboxylic acids is 2. The Balaban J connectivity index is 3.08. The van der Waals surface area contributed by atoms with E-state index < -0.39 is 11.1 Å². The molecule has 1 N–H and O–H groups in total. The second-order valence-corrected chi connectivity index (χ2v) is 6.24. The zero-order valence-electron chi connectivity index (χ0n) is 12.0. The topological polar surface area (TPSA) is 49.4 Å². The van der Waals surface area contributed by atoms with Crippen LogP contribution in [-0.2, 0) is 9.59 Å². The molecule has 0 atom stereocenters. The van der Waals surface area contributed by atoms with Gasteiger partial charge in [-0.2, -0.15) is 11.8 Å². The van der Waals surface area contributed by atoms with Gasteiger partial charge in [0.05, 0.1) is 0 Å². The summed E-state index contributed by atoms with van der Waals surface area (Å²) in [4.78, 5) is 26.7. The molecule has 1 saturated heterocycles. The fourth-order valence-corrected chi connectivity index (χ4v) is 2.72. The molecule has 5 heteroatoms. The maximum Gasteiger partial charge on any atom is 0.249 e. The molecule has 0 bridgehead atoms. The van der Waals surface area contributed by atoms with E-state index >= 15 is 0 Å². The number of rotatable bonds is 5. The first-order valence-corrected chi connectivity index (χ1v) is 7.88. The zero-order valence-corrected chi connectivity index (χ0v) is 12.8. The molecule has 1 heterocycles. The lowest BCUT2D eigenvalue weighted by Gasteiger charge is -2.49. The monoisotopic (exact) mass is 272 g/mol. The van der Waals surface area contributed by atoms with Gasteiger partial charge in [0.25, 0.3) is 0 Å². The summed E-state index contributed by atoms with van der Waals surface area (Å²) >= 11 is 1.69. The first-order chi connectivity index (χ1) is 8.35. The zero-order chi connectivity index (χ0) is 14.0. The van der Waals surface area contributed by atoms with E-state index in [1.54, 1.807) is 16.7 Å². The molecule has 0 aliphatic carbocycles. The number of nitrogens with zero attached hydrogens (tertiary/aromatic N) is 1. The van der Waals surface area contributed by atoms with Gasteiger partial charge in [-0.1, -0.05) is 13.8 Å². The van der Waals surface area contributed by atoms with Crippen molar-refractivity contribution in [3.05, 3.63) is 0 Å². The Kier molecular flexibility index (Phi) is 4.70. The summed E-state index contributed by atoms with van der Waals surface area (Å²) in [6.45, 7) is 8.16. The second-order valence-electron chi connectivity index (χ2n) is 5.25. The highest BCUT2D eigenvalue weighted by Crippen LogP contribution is 2.30. The minimum atomic E-state index is -0.749. The van der Waals surface area contributed by atoms with E-state index in [-0.39, 0.29) is 11.8 Å². The van der Waals surface area contributed by atoms with Crippen LogP contribution >= 0.6 is 11.8 Å².